The Balaban J connectivity index is 3.34. The van der Waals surface area contributed by atoms with E-state index in [0.717, 1.165) is 0 Å². The quantitative estimate of drug-likeness (QED) is 0.556. The molecular formula is C8H11N3O2. The third kappa shape index (κ3) is 1.74. The van der Waals surface area contributed by atoms with Gasteiger partial charge >= 0.3 is 5.69 Å². The van der Waals surface area contributed by atoms with Crippen molar-refractivity contribution in [1.82, 2.24) is 4.98 Å². The van der Waals surface area contributed by atoms with Crippen LogP contribution in [-0.2, 0) is 0 Å². The van der Waals surface area contributed by atoms with Gasteiger partial charge in [-0.3, -0.25) is 15.1 Å². The minimum absolute atomic E-state index is 0.00361. The first-order chi connectivity index (χ1) is 6.04. The van der Waals surface area contributed by atoms with Crippen LogP contribution in [0, 0.1) is 10.1 Å². The summed E-state index contributed by atoms with van der Waals surface area (Å²) in [6, 6.07) is 1.43. The summed E-state index contributed by atoms with van der Waals surface area (Å²) in [6.07, 6.45) is 1.48. The van der Waals surface area contributed by atoms with E-state index in [-0.39, 0.29) is 17.3 Å². The molecule has 5 nitrogen and oxygen atoms in total. The maximum atomic E-state index is 10.6. The number of nitro groups is 1. The zero-order valence-corrected chi connectivity index (χ0v) is 7.52. The Kier molecular flexibility index (Phi) is 2.46. The highest BCUT2D eigenvalue weighted by molar-refractivity contribution is 5.60. The number of nitrogens with zero attached hydrogens (tertiary/aromatic N) is 2. The topological polar surface area (TPSA) is 82.0 Å². The molecule has 1 aromatic rings. The lowest BCUT2D eigenvalue weighted by molar-refractivity contribution is -0.385. The van der Waals surface area contributed by atoms with Crippen molar-refractivity contribution in [2.75, 3.05) is 5.73 Å². The zero-order chi connectivity index (χ0) is 10.0. The maximum absolute atomic E-state index is 10.6. The maximum Gasteiger partial charge on any atom is 0.313 e. The molecule has 0 bridgehead atoms. The Hall–Kier alpha value is -1.65. The molecule has 0 radical (unpaired) electrons. The fraction of sp³-hybridized carbons (Fsp3) is 0.375. The van der Waals surface area contributed by atoms with Crippen LogP contribution in [0.15, 0.2) is 12.3 Å². The Morgan fingerprint density at radius 2 is 2.23 bits per heavy atom. The molecular weight excluding hydrogens is 170 g/mol. The second-order valence-corrected chi connectivity index (χ2v) is 3.05. The van der Waals surface area contributed by atoms with E-state index in [4.69, 9.17) is 5.73 Å². The average molecular weight is 181 g/mol. The molecule has 1 aromatic heterocycles. The minimum atomic E-state index is -0.488. The van der Waals surface area contributed by atoms with Crippen LogP contribution in [0.25, 0.3) is 0 Å². The van der Waals surface area contributed by atoms with Crippen LogP contribution in [0.4, 0.5) is 11.4 Å². The van der Waals surface area contributed by atoms with Crippen LogP contribution < -0.4 is 5.73 Å². The van der Waals surface area contributed by atoms with Gasteiger partial charge in [-0.1, -0.05) is 13.8 Å². The molecule has 0 amide bonds. The molecule has 0 aromatic carbocycles. The second-order valence-electron chi connectivity index (χ2n) is 3.05. The van der Waals surface area contributed by atoms with Crippen LogP contribution in [0.2, 0.25) is 0 Å². The number of anilines is 1. The third-order valence-electron chi connectivity index (χ3n) is 1.71. The van der Waals surface area contributed by atoms with Gasteiger partial charge in [0.1, 0.15) is 11.4 Å². The average Bonchev–Trinajstić information content (AvgIpc) is 2.02. The van der Waals surface area contributed by atoms with Gasteiger partial charge in [0.05, 0.1) is 4.92 Å². The van der Waals surface area contributed by atoms with Gasteiger partial charge in [0.15, 0.2) is 0 Å². The van der Waals surface area contributed by atoms with E-state index < -0.39 is 4.92 Å². The molecule has 0 saturated carbocycles. The fourth-order valence-electron chi connectivity index (χ4n) is 1.11. The normalized spacial score (nSPS) is 10.4. The first-order valence-corrected chi connectivity index (χ1v) is 3.92. The van der Waals surface area contributed by atoms with E-state index in [1.54, 1.807) is 0 Å². The molecule has 0 aliphatic rings. The highest BCUT2D eigenvalue weighted by Gasteiger charge is 2.20. The summed E-state index contributed by atoms with van der Waals surface area (Å²) in [5, 5.41) is 10.6. The molecule has 70 valence electrons. The van der Waals surface area contributed by atoms with E-state index in [2.05, 4.69) is 4.98 Å². The van der Waals surface area contributed by atoms with Crippen molar-refractivity contribution >= 4 is 11.4 Å². The summed E-state index contributed by atoms with van der Waals surface area (Å²) in [6.45, 7) is 3.68. The number of nitrogens with two attached hydrogens (primary N) is 1. The predicted molar refractivity (Wildman–Crippen MR) is 49.4 cm³/mol. The first kappa shape index (κ1) is 9.44. The monoisotopic (exact) mass is 181 g/mol. The lowest BCUT2D eigenvalue weighted by atomic mass is 10.1. The number of aromatic nitrogens is 1. The molecule has 2 N–H and O–H groups in total. The largest absolute Gasteiger partial charge is 0.393 e. The highest BCUT2D eigenvalue weighted by atomic mass is 16.6. The predicted octanol–water partition coefficient (Wildman–Crippen LogP) is 1.70. The van der Waals surface area contributed by atoms with Crippen molar-refractivity contribution in [1.29, 1.82) is 0 Å². The molecule has 0 spiro atoms. The van der Waals surface area contributed by atoms with Crippen LogP contribution >= 0.6 is 0 Å². The Bertz CT molecular complexity index is 336. The lowest BCUT2D eigenvalue weighted by Crippen LogP contribution is -2.03. The zero-order valence-electron chi connectivity index (χ0n) is 7.52. The van der Waals surface area contributed by atoms with Crippen molar-refractivity contribution in [3.05, 3.63) is 28.1 Å². The van der Waals surface area contributed by atoms with Crippen molar-refractivity contribution in [2.45, 2.75) is 19.8 Å². The number of nitrogen functional groups attached to an aromatic ring is 1. The highest BCUT2D eigenvalue weighted by Crippen LogP contribution is 2.28. The van der Waals surface area contributed by atoms with Crippen LogP contribution in [0.1, 0.15) is 25.5 Å². The van der Waals surface area contributed by atoms with Gasteiger partial charge in [0, 0.05) is 12.1 Å². The fourth-order valence-corrected chi connectivity index (χ4v) is 1.11. The van der Waals surface area contributed by atoms with E-state index >= 15 is 0 Å². The van der Waals surface area contributed by atoms with E-state index in [1.807, 2.05) is 13.8 Å². The van der Waals surface area contributed by atoms with Crippen LogP contribution in [0.5, 0.6) is 0 Å². The molecule has 0 atom stereocenters. The smallest absolute Gasteiger partial charge is 0.313 e. The number of rotatable bonds is 2. The van der Waals surface area contributed by atoms with Gasteiger partial charge in [0.25, 0.3) is 0 Å². The SMILES string of the molecule is CC(C)c1nccc(N)c1[N+](=O)[O-]. The number of hydrogen-bond donors (Lipinski definition) is 1. The molecule has 0 saturated heterocycles. The molecule has 13 heavy (non-hydrogen) atoms. The number of pyridine rings is 1. The van der Waals surface area contributed by atoms with Gasteiger partial charge in [-0.25, -0.2) is 0 Å². The first-order valence-electron chi connectivity index (χ1n) is 3.92. The molecule has 0 aliphatic heterocycles. The van der Waals surface area contributed by atoms with Gasteiger partial charge in [-0.2, -0.15) is 0 Å². The minimum Gasteiger partial charge on any atom is -0.393 e. The lowest BCUT2D eigenvalue weighted by Gasteiger charge is -2.05. The van der Waals surface area contributed by atoms with Gasteiger partial charge in [-0.05, 0) is 6.07 Å². The molecule has 0 aliphatic carbocycles. The van der Waals surface area contributed by atoms with Gasteiger partial charge < -0.3 is 5.73 Å². The summed E-state index contributed by atoms with van der Waals surface area (Å²) in [7, 11) is 0. The van der Waals surface area contributed by atoms with E-state index in [1.165, 1.54) is 12.3 Å². The molecule has 5 heteroatoms. The third-order valence-corrected chi connectivity index (χ3v) is 1.71. The van der Waals surface area contributed by atoms with E-state index in [0.29, 0.717) is 5.69 Å². The van der Waals surface area contributed by atoms with Crippen LogP contribution in [0.3, 0.4) is 0 Å². The van der Waals surface area contributed by atoms with Gasteiger partial charge in [-0.15, -0.1) is 0 Å². The molecule has 0 unspecified atom stereocenters. The summed E-state index contributed by atoms with van der Waals surface area (Å²) >= 11 is 0. The Morgan fingerprint density at radius 1 is 1.62 bits per heavy atom. The van der Waals surface area contributed by atoms with Crippen molar-refractivity contribution in [3.8, 4) is 0 Å². The standard InChI is InChI=1S/C8H11N3O2/c1-5(2)7-8(11(12)13)6(9)3-4-10-7/h3-5H,1-2H3,(H2,9,10). The molecule has 0 fully saturated rings. The Morgan fingerprint density at radius 3 is 2.62 bits per heavy atom. The van der Waals surface area contributed by atoms with Crippen molar-refractivity contribution in [3.63, 3.8) is 0 Å². The second kappa shape index (κ2) is 3.38. The molecule has 1 rings (SSSR count). The van der Waals surface area contributed by atoms with Crippen LogP contribution in [-0.4, -0.2) is 9.91 Å². The van der Waals surface area contributed by atoms with Gasteiger partial charge in [0.2, 0.25) is 0 Å². The summed E-state index contributed by atoms with van der Waals surface area (Å²) in [5.74, 6) is 0.00361. The summed E-state index contributed by atoms with van der Waals surface area (Å²) in [4.78, 5) is 14.1. The Labute approximate surface area is 75.7 Å². The summed E-state index contributed by atoms with van der Waals surface area (Å²) < 4.78 is 0. The molecule has 1 heterocycles. The summed E-state index contributed by atoms with van der Waals surface area (Å²) in [5.41, 5.74) is 6.01. The van der Waals surface area contributed by atoms with E-state index in [9.17, 15) is 10.1 Å². The van der Waals surface area contributed by atoms with Crippen molar-refractivity contribution in [2.24, 2.45) is 0 Å². The van der Waals surface area contributed by atoms with Crippen molar-refractivity contribution < 1.29 is 4.92 Å². The number of hydrogen-bond acceptors (Lipinski definition) is 4.